The maximum atomic E-state index is 5.80. The number of fused-ring (bicyclic) bond motifs is 1. The van der Waals surface area contributed by atoms with Gasteiger partial charge in [-0.25, -0.2) is 0 Å². The molecule has 0 saturated carbocycles. The van der Waals surface area contributed by atoms with Crippen molar-refractivity contribution in [1.29, 1.82) is 0 Å². The van der Waals surface area contributed by atoms with Crippen molar-refractivity contribution in [2.45, 2.75) is 18.9 Å². The number of aryl methyl sites for hydroxylation is 1. The monoisotopic (exact) mass is 260 g/mol. The van der Waals surface area contributed by atoms with Crippen molar-refractivity contribution in [1.82, 2.24) is 15.2 Å². The number of nitrogens with zero attached hydrogens (tertiary/aromatic N) is 2. The van der Waals surface area contributed by atoms with E-state index in [2.05, 4.69) is 22.7 Å². The molecule has 3 N–H and O–H groups in total. The molecule has 1 unspecified atom stereocenters. The molecule has 0 aliphatic carbocycles. The van der Waals surface area contributed by atoms with Crippen LogP contribution in [0, 0.1) is 5.92 Å². The Labute approximate surface area is 112 Å². The molecule has 1 aliphatic rings. The number of aromatic nitrogens is 2. The normalized spacial score (nSPS) is 18.8. The minimum absolute atomic E-state index is 0.0926. The van der Waals surface area contributed by atoms with Crippen molar-refractivity contribution in [2.24, 2.45) is 18.8 Å². The van der Waals surface area contributed by atoms with Crippen LogP contribution in [0.25, 0.3) is 10.9 Å². The largest absolute Gasteiger partial charge is 0.381 e. The third-order valence-corrected chi connectivity index (χ3v) is 4.00. The van der Waals surface area contributed by atoms with E-state index in [1.54, 1.807) is 0 Å². The first-order chi connectivity index (χ1) is 9.31. The first kappa shape index (κ1) is 12.6. The van der Waals surface area contributed by atoms with Crippen LogP contribution in [-0.2, 0) is 11.8 Å². The standard InChI is InChI=1S/C14H20N4O/c1-18-12-5-3-2-4-11(12)14(17-18)13(16-15)10-6-8-19-9-7-10/h2-5,10,13,16H,6-9,15H2,1H3. The lowest BCUT2D eigenvalue weighted by molar-refractivity contribution is 0.0532. The topological polar surface area (TPSA) is 65.1 Å². The van der Waals surface area contributed by atoms with Crippen molar-refractivity contribution in [3.63, 3.8) is 0 Å². The highest BCUT2D eigenvalue weighted by Crippen LogP contribution is 2.32. The Morgan fingerprint density at radius 2 is 2.11 bits per heavy atom. The molecule has 3 rings (SSSR count). The summed E-state index contributed by atoms with van der Waals surface area (Å²) in [6.45, 7) is 1.63. The molecule has 5 heteroatoms. The van der Waals surface area contributed by atoms with Gasteiger partial charge >= 0.3 is 0 Å². The molecule has 2 aromatic rings. The number of para-hydroxylation sites is 1. The summed E-state index contributed by atoms with van der Waals surface area (Å²) >= 11 is 0. The second-order valence-electron chi connectivity index (χ2n) is 5.12. The molecule has 0 amide bonds. The van der Waals surface area contributed by atoms with Crippen LogP contribution in [0.1, 0.15) is 24.6 Å². The molecule has 1 aromatic carbocycles. The number of nitrogens with one attached hydrogen (secondary N) is 1. The molecule has 1 saturated heterocycles. The molecule has 1 aromatic heterocycles. The highest BCUT2D eigenvalue weighted by molar-refractivity contribution is 5.82. The molecular weight excluding hydrogens is 240 g/mol. The van der Waals surface area contributed by atoms with Gasteiger partial charge in [0.2, 0.25) is 0 Å². The minimum atomic E-state index is 0.0926. The Morgan fingerprint density at radius 1 is 1.37 bits per heavy atom. The third kappa shape index (κ3) is 2.25. The summed E-state index contributed by atoms with van der Waals surface area (Å²) in [7, 11) is 1.98. The van der Waals surface area contributed by atoms with Crippen LogP contribution in [0.5, 0.6) is 0 Å². The van der Waals surface area contributed by atoms with E-state index in [0.29, 0.717) is 5.92 Å². The Balaban J connectivity index is 2.01. The molecule has 102 valence electrons. The average molecular weight is 260 g/mol. The Bertz CT molecular complexity index is 560. The molecule has 0 radical (unpaired) electrons. The number of benzene rings is 1. The van der Waals surface area contributed by atoms with E-state index in [1.807, 2.05) is 23.9 Å². The van der Waals surface area contributed by atoms with E-state index in [1.165, 1.54) is 5.39 Å². The van der Waals surface area contributed by atoms with Crippen LogP contribution in [0.15, 0.2) is 24.3 Å². The zero-order chi connectivity index (χ0) is 13.2. The Hall–Kier alpha value is -1.43. The Morgan fingerprint density at radius 3 is 2.84 bits per heavy atom. The smallest absolute Gasteiger partial charge is 0.0888 e. The van der Waals surface area contributed by atoms with E-state index in [0.717, 1.165) is 37.3 Å². The zero-order valence-electron chi connectivity index (χ0n) is 11.2. The maximum Gasteiger partial charge on any atom is 0.0888 e. The van der Waals surface area contributed by atoms with Gasteiger partial charge in [0.1, 0.15) is 0 Å². The molecule has 1 aliphatic heterocycles. The SMILES string of the molecule is Cn1nc(C(NN)C2CCOCC2)c2ccccc21. The maximum absolute atomic E-state index is 5.80. The first-order valence-corrected chi connectivity index (χ1v) is 6.76. The van der Waals surface area contributed by atoms with Gasteiger partial charge in [0.25, 0.3) is 0 Å². The number of ether oxygens (including phenoxy) is 1. The summed E-state index contributed by atoms with van der Waals surface area (Å²) in [5.41, 5.74) is 5.15. The zero-order valence-corrected chi connectivity index (χ0v) is 11.2. The van der Waals surface area contributed by atoms with Crippen LogP contribution in [0.4, 0.5) is 0 Å². The van der Waals surface area contributed by atoms with E-state index in [-0.39, 0.29) is 6.04 Å². The van der Waals surface area contributed by atoms with Crippen molar-refractivity contribution in [3.8, 4) is 0 Å². The molecule has 1 atom stereocenters. The lowest BCUT2D eigenvalue weighted by Gasteiger charge is -2.28. The number of rotatable bonds is 3. The molecule has 1 fully saturated rings. The molecule has 0 bridgehead atoms. The van der Waals surface area contributed by atoms with Crippen molar-refractivity contribution < 1.29 is 4.74 Å². The predicted octanol–water partition coefficient (Wildman–Crippen LogP) is 1.50. The summed E-state index contributed by atoms with van der Waals surface area (Å²) in [4.78, 5) is 0. The molecule has 5 nitrogen and oxygen atoms in total. The summed E-state index contributed by atoms with van der Waals surface area (Å²) < 4.78 is 7.35. The predicted molar refractivity (Wildman–Crippen MR) is 74.3 cm³/mol. The van der Waals surface area contributed by atoms with Gasteiger partial charge in [-0.05, 0) is 24.8 Å². The van der Waals surface area contributed by atoms with Crippen LogP contribution < -0.4 is 11.3 Å². The highest BCUT2D eigenvalue weighted by atomic mass is 16.5. The number of hydrogen-bond donors (Lipinski definition) is 2. The van der Waals surface area contributed by atoms with E-state index in [9.17, 15) is 0 Å². The van der Waals surface area contributed by atoms with Crippen LogP contribution >= 0.6 is 0 Å². The van der Waals surface area contributed by atoms with Gasteiger partial charge in [-0.3, -0.25) is 16.0 Å². The third-order valence-electron chi connectivity index (χ3n) is 4.00. The average Bonchev–Trinajstić information content (AvgIpc) is 2.79. The lowest BCUT2D eigenvalue weighted by atomic mass is 9.89. The van der Waals surface area contributed by atoms with Crippen molar-refractivity contribution in [2.75, 3.05) is 13.2 Å². The van der Waals surface area contributed by atoms with Gasteiger partial charge < -0.3 is 4.74 Å². The van der Waals surface area contributed by atoms with E-state index in [4.69, 9.17) is 10.6 Å². The summed E-state index contributed by atoms with van der Waals surface area (Å²) in [5.74, 6) is 6.28. The summed E-state index contributed by atoms with van der Waals surface area (Å²) in [6.07, 6.45) is 2.06. The van der Waals surface area contributed by atoms with Gasteiger partial charge in [0, 0.05) is 25.6 Å². The first-order valence-electron chi connectivity index (χ1n) is 6.76. The second-order valence-corrected chi connectivity index (χ2v) is 5.12. The van der Waals surface area contributed by atoms with Crippen LogP contribution in [-0.4, -0.2) is 23.0 Å². The lowest BCUT2D eigenvalue weighted by Crippen LogP contribution is -2.36. The van der Waals surface area contributed by atoms with Crippen molar-refractivity contribution in [3.05, 3.63) is 30.0 Å². The number of hydrazine groups is 1. The molecule has 19 heavy (non-hydrogen) atoms. The second kappa shape index (κ2) is 5.28. The Kier molecular flexibility index (Phi) is 3.50. The number of hydrogen-bond acceptors (Lipinski definition) is 4. The summed E-state index contributed by atoms with van der Waals surface area (Å²) in [6, 6.07) is 8.37. The fourth-order valence-corrected chi connectivity index (χ4v) is 2.96. The van der Waals surface area contributed by atoms with Gasteiger partial charge in [-0.2, -0.15) is 5.10 Å². The minimum Gasteiger partial charge on any atom is -0.381 e. The molecule has 0 spiro atoms. The van der Waals surface area contributed by atoms with E-state index >= 15 is 0 Å². The quantitative estimate of drug-likeness (QED) is 0.648. The van der Waals surface area contributed by atoms with Gasteiger partial charge in [0.15, 0.2) is 0 Å². The molecular formula is C14H20N4O. The van der Waals surface area contributed by atoms with Gasteiger partial charge in [-0.1, -0.05) is 18.2 Å². The summed E-state index contributed by atoms with van der Waals surface area (Å²) in [5, 5.41) is 5.85. The fraction of sp³-hybridized carbons (Fsp3) is 0.500. The van der Waals surface area contributed by atoms with Crippen molar-refractivity contribution >= 4 is 10.9 Å². The highest BCUT2D eigenvalue weighted by Gasteiger charge is 2.28. The number of nitrogens with two attached hydrogens (primary N) is 1. The van der Waals surface area contributed by atoms with Crippen LogP contribution in [0.3, 0.4) is 0 Å². The fourth-order valence-electron chi connectivity index (χ4n) is 2.96. The van der Waals surface area contributed by atoms with E-state index < -0.39 is 0 Å². The van der Waals surface area contributed by atoms with Gasteiger partial charge in [0.05, 0.1) is 17.3 Å². The van der Waals surface area contributed by atoms with Crippen LogP contribution in [0.2, 0.25) is 0 Å². The molecule has 2 heterocycles. The van der Waals surface area contributed by atoms with Gasteiger partial charge in [-0.15, -0.1) is 0 Å².